The third-order valence-electron chi connectivity index (χ3n) is 1.64. The molecule has 1 aromatic rings. The molecule has 0 aromatic carbocycles. The van der Waals surface area contributed by atoms with Gasteiger partial charge in [-0.3, -0.25) is 0 Å². The second-order valence-electron chi connectivity index (χ2n) is 2.85. The van der Waals surface area contributed by atoms with Crippen molar-refractivity contribution in [3.63, 3.8) is 0 Å². The summed E-state index contributed by atoms with van der Waals surface area (Å²) in [6.07, 6.45) is 6.06. The van der Waals surface area contributed by atoms with Crippen molar-refractivity contribution in [2.24, 2.45) is 0 Å². The molecule has 0 saturated carbocycles. The van der Waals surface area contributed by atoms with Gasteiger partial charge >= 0.3 is 0 Å². The Labute approximate surface area is 83.7 Å². The smallest absolute Gasteiger partial charge is 0.165 e. The summed E-state index contributed by atoms with van der Waals surface area (Å²) in [5.41, 5.74) is 0. The van der Waals surface area contributed by atoms with Crippen molar-refractivity contribution < 1.29 is 0 Å². The van der Waals surface area contributed by atoms with E-state index >= 15 is 0 Å². The van der Waals surface area contributed by atoms with Crippen molar-refractivity contribution in [3.8, 4) is 0 Å². The Balaban J connectivity index is 1.90. The second-order valence-corrected chi connectivity index (χ2v) is 3.93. The van der Waals surface area contributed by atoms with E-state index in [0.29, 0.717) is 0 Å². The predicted molar refractivity (Wildman–Crippen MR) is 57.1 cm³/mol. The van der Waals surface area contributed by atoms with Crippen LogP contribution in [0.4, 0.5) is 0 Å². The van der Waals surface area contributed by atoms with Gasteiger partial charge < -0.3 is 10.3 Å². The van der Waals surface area contributed by atoms with Crippen LogP contribution in [-0.2, 0) is 0 Å². The van der Waals surface area contributed by atoms with Crippen molar-refractivity contribution in [2.45, 2.75) is 24.9 Å². The minimum atomic E-state index is 1.02. The monoisotopic (exact) mass is 199 g/mol. The maximum atomic E-state index is 4.14. The Kier molecular flexibility index (Phi) is 5.69. The zero-order valence-corrected chi connectivity index (χ0v) is 8.86. The van der Waals surface area contributed by atoms with Crippen LogP contribution in [0.3, 0.4) is 0 Å². The van der Waals surface area contributed by atoms with Gasteiger partial charge in [-0.25, -0.2) is 4.98 Å². The van der Waals surface area contributed by atoms with Crippen molar-refractivity contribution >= 4 is 11.8 Å². The molecule has 0 radical (unpaired) electrons. The summed E-state index contributed by atoms with van der Waals surface area (Å²) in [4.78, 5) is 7.21. The highest BCUT2D eigenvalue weighted by Gasteiger charge is 1.94. The number of hydrogen-bond acceptors (Lipinski definition) is 3. The molecule has 0 atom stereocenters. The van der Waals surface area contributed by atoms with E-state index in [4.69, 9.17) is 0 Å². The van der Waals surface area contributed by atoms with E-state index in [0.717, 1.165) is 24.0 Å². The molecule has 1 aromatic heterocycles. The number of hydrogen-bond donors (Lipinski definition) is 2. The first-order chi connectivity index (χ1) is 6.43. The minimum absolute atomic E-state index is 1.02. The second kappa shape index (κ2) is 6.97. The molecule has 4 heteroatoms. The molecule has 13 heavy (non-hydrogen) atoms. The Morgan fingerprint density at radius 2 is 2.46 bits per heavy atom. The van der Waals surface area contributed by atoms with Gasteiger partial charge in [-0.15, -0.1) is 0 Å². The van der Waals surface area contributed by atoms with Gasteiger partial charge in [0.05, 0.1) is 0 Å². The molecule has 0 aliphatic rings. The van der Waals surface area contributed by atoms with Crippen molar-refractivity contribution in [2.75, 3.05) is 18.8 Å². The van der Waals surface area contributed by atoms with E-state index in [-0.39, 0.29) is 0 Å². The van der Waals surface area contributed by atoms with E-state index in [1.807, 2.05) is 6.20 Å². The lowest BCUT2D eigenvalue weighted by Gasteiger charge is -2.00. The van der Waals surface area contributed by atoms with E-state index in [2.05, 4.69) is 22.2 Å². The molecule has 0 aliphatic carbocycles. The van der Waals surface area contributed by atoms with Crippen LogP contribution in [0.25, 0.3) is 0 Å². The van der Waals surface area contributed by atoms with Gasteiger partial charge in [0.15, 0.2) is 5.16 Å². The van der Waals surface area contributed by atoms with Gasteiger partial charge in [0, 0.05) is 18.1 Å². The third kappa shape index (κ3) is 4.95. The van der Waals surface area contributed by atoms with Gasteiger partial charge in [0.1, 0.15) is 0 Å². The normalized spacial score (nSPS) is 10.5. The van der Waals surface area contributed by atoms with Crippen LogP contribution in [0.2, 0.25) is 0 Å². The van der Waals surface area contributed by atoms with Crippen LogP contribution in [0.5, 0.6) is 0 Å². The highest BCUT2D eigenvalue weighted by atomic mass is 32.2. The molecule has 0 amide bonds. The van der Waals surface area contributed by atoms with Crippen LogP contribution >= 0.6 is 11.8 Å². The van der Waals surface area contributed by atoms with Crippen LogP contribution in [0.15, 0.2) is 17.6 Å². The number of aromatic nitrogens is 2. The number of thioether (sulfide) groups is 1. The van der Waals surface area contributed by atoms with Crippen molar-refractivity contribution in [1.82, 2.24) is 15.3 Å². The number of H-pyrrole nitrogens is 1. The average Bonchev–Trinajstić information content (AvgIpc) is 2.63. The lowest BCUT2D eigenvalue weighted by Crippen LogP contribution is -2.16. The highest BCUT2D eigenvalue weighted by Crippen LogP contribution is 2.11. The first-order valence-electron chi connectivity index (χ1n) is 4.76. The fraction of sp³-hybridized carbons (Fsp3) is 0.667. The van der Waals surface area contributed by atoms with Gasteiger partial charge in [-0.05, 0) is 25.9 Å². The molecule has 0 bridgehead atoms. The van der Waals surface area contributed by atoms with Gasteiger partial charge in [0.25, 0.3) is 0 Å². The zero-order chi connectivity index (χ0) is 9.36. The molecule has 3 nitrogen and oxygen atoms in total. The molecule has 0 aliphatic heterocycles. The molecule has 0 unspecified atom stereocenters. The SMILES string of the molecule is CCCNCCCSc1ncc[nH]1. The Hall–Kier alpha value is -0.480. The first kappa shape index (κ1) is 10.6. The maximum Gasteiger partial charge on any atom is 0.165 e. The molecule has 1 rings (SSSR count). The van der Waals surface area contributed by atoms with Gasteiger partial charge in [-0.1, -0.05) is 18.7 Å². The van der Waals surface area contributed by atoms with E-state index in [9.17, 15) is 0 Å². The molecule has 0 saturated heterocycles. The zero-order valence-electron chi connectivity index (χ0n) is 8.05. The maximum absolute atomic E-state index is 4.14. The third-order valence-corrected chi connectivity index (χ3v) is 2.63. The summed E-state index contributed by atoms with van der Waals surface area (Å²) >= 11 is 1.78. The first-order valence-corrected chi connectivity index (χ1v) is 5.75. The van der Waals surface area contributed by atoms with Crippen LogP contribution < -0.4 is 5.32 Å². The fourth-order valence-corrected chi connectivity index (χ4v) is 1.77. The Bertz CT molecular complexity index is 199. The summed E-state index contributed by atoms with van der Waals surface area (Å²) in [6, 6.07) is 0. The highest BCUT2D eigenvalue weighted by molar-refractivity contribution is 7.99. The number of aromatic amines is 1. The van der Waals surface area contributed by atoms with Gasteiger partial charge in [0.2, 0.25) is 0 Å². The minimum Gasteiger partial charge on any atom is -0.340 e. The van der Waals surface area contributed by atoms with E-state index in [1.54, 1.807) is 18.0 Å². The number of rotatable bonds is 7. The Morgan fingerprint density at radius 1 is 1.54 bits per heavy atom. The number of imidazole rings is 1. The van der Waals surface area contributed by atoms with E-state index < -0.39 is 0 Å². The van der Waals surface area contributed by atoms with E-state index in [1.165, 1.54) is 12.8 Å². The molecule has 0 fully saturated rings. The molecule has 2 N–H and O–H groups in total. The van der Waals surface area contributed by atoms with Crippen molar-refractivity contribution in [1.29, 1.82) is 0 Å². The Morgan fingerprint density at radius 3 is 3.15 bits per heavy atom. The largest absolute Gasteiger partial charge is 0.340 e. The number of nitrogens with one attached hydrogen (secondary N) is 2. The molecule has 0 spiro atoms. The van der Waals surface area contributed by atoms with Crippen LogP contribution in [0.1, 0.15) is 19.8 Å². The lowest BCUT2D eigenvalue weighted by atomic mass is 10.4. The van der Waals surface area contributed by atoms with Crippen LogP contribution in [-0.4, -0.2) is 28.8 Å². The fourth-order valence-electron chi connectivity index (χ4n) is 0.998. The van der Waals surface area contributed by atoms with Crippen molar-refractivity contribution in [3.05, 3.63) is 12.4 Å². The molecular weight excluding hydrogens is 182 g/mol. The molecular formula is C9H17N3S. The summed E-state index contributed by atoms with van der Waals surface area (Å²) in [5, 5.41) is 4.39. The summed E-state index contributed by atoms with van der Waals surface area (Å²) < 4.78 is 0. The number of nitrogens with zero attached hydrogens (tertiary/aromatic N) is 1. The standard InChI is InChI=1S/C9H17N3S/c1-2-4-10-5-3-8-13-9-11-6-7-12-9/h6-7,10H,2-5,8H2,1H3,(H,11,12). The average molecular weight is 199 g/mol. The summed E-state index contributed by atoms with van der Waals surface area (Å²) in [5.74, 6) is 1.13. The quantitative estimate of drug-likeness (QED) is 0.520. The van der Waals surface area contributed by atoms with Crippen LogP contribution in [0, 0.1) is 0 Å². The summed E-state index contributed by atoms with van der Waals surface area (Å²) in [7, 11) is 0. The lowest BCUT2D eigenvalue weighted by molar-refractivity contribution is 0.664. The summed E-state index contributed by atoms with van der Waals surface area (Å²) in [6.45, 7) is 4.43. The molecule has 1 heterocycles. The van der Waals surface area contributed by atoms with Gasteiger partial charge in [-0.2, -0.15) is 0 Å². The molecule has 74 valence electrons. The predicted octanol–water partition coefficient (Wildman–Crippen LogP) is 1.89. The topological polar surface area (TPSA) is 40.7 Å².